The molecule has 0 aromatic heterocycles. The predicted molar refractivity (Wildman–Crippen MR) is 114 cm³/mol. The molecule has 146 valence electrons. The van der Waals surface area contributed by atoms with Crippen molar-refractivity contribution in [3.05, 3.63) is 65.4 Å². The summed E-state index contributed by atoms with van der Waals surface area (Å²) < 4.78 is 10.8. The Morgan fingerprint density at radius 2 is 1.89 bits per heavy atom. The summed E-state index contributed by atoms with van der Waals surface area (Å²) in [5.41, 5.74) is 2.78. The van der Waals surface area contributed by atoms with Crippen LogP contribution in [0.5, 0.6) is 11.5 Å². The quantitative estimate of drug-likeness (QED) is 0.648. The van der Waals surface area contributed by atoms with Crippen LogP contribution in [0.4, 0.5) is 5.69 Å². The second kappa shape index (κ2) is 8.75. The van der Waals surface area contributed by atoms with E-state index in [2.05, 4.69) is 16.0 Å². The zero-order valence-electron chi connectivity index (χ0n) is 16.0. The predicted octanol–water partition coefficient (Wildman–Crippen LogP) is 3.53. The van der Waals surface area contributed by atoms with E-state index in [4.69, 9.17) is 21.7 Å². The highest BCUT2D eigenvalue weighted by Crippen LogP contribution is 2.30. The number of benzene rings is 2. The maximum absolute atomic E-state index is 13.1. The normalized spacial score (nSPS) is 16.1. The lowest BCUT2D eigenvalue weighted by molar-refractivity contribution is -0.113. The van der Waals surface area contributed by atoms with Gasteiger partial charge in [-0.3, -0.25) is 4.79 Å². The molecule has 3 N–H and O–H groups in total. The van der Waals surface area contributed by atoms with Gasteiger partial charge in [0, 0.05) is 5.70 Å². The third-order valence-corrected chi connectivity index (χ3v) is 4.61. The molecule has 0 spiro atoms. The number of para-hydroxylation sites is 2. The molecule has 2 aromatic carbocycles. The summed E-state index contributed by atoms with van der Waals surface area (Å²) in [6, 6.07) is 14.5. The lowest BCUT2D eigenvalue weighted by Gasteiger charge is -2.30. The fourth-order valence-corrected chi connectivity index (χ4v) is 3.38. The minimum Gasteiger partial charge on any atom is -0.495 e. The molecule has 0 aliphatic carbocycles. The Hall–Kier alpha value is -3.06. The van der Waals surface area contributed by atoms with Crippen LogP contribution in [0.25, 0.3) is 0 Å². The summed E-state index contributed by atoms with van der Waals surface area (Å²) in [6.45, 7) is 4.37. The Kier molecular flexibility index (Phi) is 6.16. The minimum absolute atomic E-state index is 0.233. The van der Waals surface area contributed by atoms with Gasteiger partial charge in [0.2, 0.25) is 0 Å². The number of ether oxygens (including phenoxy) is 2. The number of methoxy groups -OCH3 is 1. The highest BCUT2D eigenvalue weighted by atomic mass is 32.1. The molecule has 6 nitrogen and oxygen atoms in total. The molecule has 3 rings (SSSR count). The van der Waals surface area contributed by atoms with Crippen molar-refractivity contribution in [3.8, 4) is 11.5 Å². The molecule has 0 unspecified atom stereocenters. The molecule has 2 aromatic rings. The van der Waals surface area contributed by atoms with E-state index in [0.717, 1.165) is 11.3 Å². The highest BCUT2D eigenvalue weighted by Gasteiger charge is 2.30. The van der Waals surface area contributed by atoms with E-state index in [-0.39, 0.29) is 11.9 Å². The van der Waals surface area contributed by atoms with Crippen LogP contribution in [0, 0.1) is 0 Å². The average molecular weight is 398 g/mol. The number of nitrogens with one attached hydrogen (secondary N) is 3. The standard InChI is InChI=1S/C21H23N3O3S/c1-4-27-15-11-9-14(10-12-15)19-18(13(2)22-21(28)24-19)20(25)23-16-7-5-6-8-17(16)26-3/h5-12,19H,4H2,1-3H3,(H,23,25)(H2,22,24,28)/t19-/m0/s1. The molecule has 1 aliphatic heterocycles. The molecule has 0 saturated heterocycles. The summed E-state index contributed by atoms with van der Waals surface area (Å²) in [4.78, 5) is 13.1. The van der Waals surface area contributed by atoms with Crippen LogP contribution in [0.1, 0.15) is 25.5 Å². The van der Waals surface area contributed by atoms with Gasteiger partial charge in [0.25, 0.3) is 5.91 Å². The molecule has 1 amide bonds. The van der Waals surface area contributed by atoms with Gasteiger partial charge < -0.3 is 25.4 Å². The topological polar surface area (TPSA) is 71.6 Å². The first-order valence-electron chi connectivity index (χ1n) is 8.99. The van der Waals surface area contributed by atoms with E-state index in [1.54, 1.807) is 19.2 Å². The van der Waals surface area contributed by atoms with Gasteiger partial charge in [-0.05, 0) is 55.9 Å². The maximum Gasteiger partial charge on any atom is 0.255 e. The Balaban J connectivity index is 1.92. The Bertz CT molecular complexity index is 909. The zero-order chi connectivity index (χ0) is 20.1. The summed E-state index contributed by atoms with van der Waals surface area (Å²) in [5.74, 6) is 1.14. The lowest BCUT2D eigenvalue weighted by atomic mass is 9.95. The lowest BCUT2D eigenvalue weighted by Crippen LogP contribution is -2.45. The molecule has 1 atom stereocenters. The summed E-state index contributed by atoms with van der Waals surface area (Å²) in [7, 11) is 1.57. The van der Waals surface area contributed by atoms with E-state index in [0.29, 0.717) is 34.4 Å². The van der Waals surface area contributed by atoms with Crippen molar-refractivity contribution in [1.29, 1.82) is 0 Å². The van der Waals surface area contributed by atoms with Gasteiger partial charge in [-0.25, -0.2) is 0 Å². The molecule has 28 heavy (non-hydrogen) atoms. The SMILES string of the molecule is CCOc1ccc([C@@H]2NC(=S)NC(C)=C2C(=O)Nc2ccccc2OC)cc1. The first-order chi connectivity index (χ1) is 13.5. The van der Waals surface area contributed by atoms with E-state index < -0.39 is 0 Å². The van der Waals surface area contributed by atoms with Crippen LogP contribution in [0.15, 0.2) is 59.8 Å². The van der Waals surface area contributed by atoms with Crippen molar-refractivity contribution >= 4 is 28.9 Å². The maximum atomic E-state index is 13.1. The minimum atomic E-state index is -0.376. The first kappa shape index (κ1) is 19.7. The summed E-state index contributed by atoms with van der Waals surface area (Å²) in [6.07, 6.45) is 0. The molecule has 1 heterocycles. The van der Waals surface area contributed by atoms with Crippen molar-refractivity contribution in [2.24, 2.45) is 0 Å². The molecule has 0 radical (unpaired) electrons. The number of hydrogen-bond donors (Lipinski definition) is 3. The number of carbonyl (C=O) groups excluding carboxylic acids is 1. The summed E-state index contributed by atoms with van der Waals surface area (Å²) in [5, 5.41) is 9.64. The van der Waals surface area contributed by atoms with Gasteiger partial charge in [0.05, 0.1) is 31.0 Å². The van der Waals surface area contributed by atoms with E-state index >= 15 is 0 Å². The van der Waals surface area contributed by atoms with Crippen molar-refractivity contribution in [3.63, 3.8) is 0 Å². The van der Waals surface area contributed by atoms with E-state index in [1.165, 1.54) is 0 Å². The molecular formula is C21H23N3O3S. The average Bonchev–Trinajstić information content (AvgIpc) is 2.68. The third-order valence-electron chi connectivity index (χ3n) is 4.39. The van der Waals surface area contributed by atoms with Crippen molar-refractivity contribution in [2.45, 2.75) is 19.9 Å². The Labute approximate surface area is 169 Å². The monoisotopic (exact) mass is 397 g/mol. The number of anilines is 1. The van der Waals surface area contributed by atoms with Gasteiger partial charge in [-0.2, -0.15) is 0 Å². The molecule has 0 fully saturated rings. The van der Waals surface area contributed by atoms with Crippen LogP contribution in [0.2, 0.25) is 0 Å². The number of rotatable bonds is 6. The van der Waals surface area contributed by atoms with Crippen LogP contribution in [0.3, 0.4) is 0 Å². The largest absolute Gasteiger partial charge is 0.495 e. The fourth-order valence-electron chi connectivity index (χ4n) is 3.11. The number of allylic oxidation sites excluding steroid dienone is 1. The number of thiocarbonyl (C=S) groups is 1. The van der Waals surface area contributed by atoms with Gasteiger partial charge in [-0.1, -0.05) is 24.3 Å². The number of carbonyl (C=O) groups is 1. The van der Waals surface area contributed by atoms with E-state index in [1.807, 2.05) is 50.2 Å². The van der Waals surface area contributed by atoms with Gasteiger partial charge in [-0.15, -0.1) is 0 Å². The molecule has 0 bridgehead atoms. The van der Waals surface area contributed by atoms with Crippen LogP contribution >= 0.6 is 12.2 Å². The molecular weight excluding hydrogens is 374 g/mol. The second-order valence-electron chi connectivity index (χ2n) is 6.23. The highest BCUT2D eigenvalue weighted by molar-refractivity contribution is 7.80. The fraction of sp³-hybridized carbons (Fsp3) is 0.238. The first-order valence-corrected chi connectivity index (χ1v) is 9.39. The Morgan fingerprint density at radius 1 is 1.18 bits per heavy atom. The third kappa shape index (κ3) is 4.26. The van der Waals surface area contributed by atoms with Crippen LogP contribution < -0.4 is 25.4 Å². The van der Waals surface area contributed by atoms with Crippen LogP contribution in [-0.2, 0) is 4.79 Å². The molecule has 7 heteroatoms. The van der Waals surface area contributed by atoms with E-state index in [9.17, 15) is 4.79 Å². The van der Waals surface area contributed by atoms with Crippen molar-refractivity contribution < 1.29 is 14.3 Å². The summed E-state index contributed by atoms with van der Waals surface area (Å²) >= 11 is 5.30. The number of hydrogen-bond acceptors (Lipinski definition) is 4. The van der Waals surface area contributed by atoms with Gasteiger partial charge in [0.15, 0.2) is 5.11 Å². The van der Waals surface area contributed by atoms with Crippen molar-refractivity contribution in [1.82, 2.24) is 10.6 Å². The number of amides is 1. The molecule has 0 saturated carbocycles. The smallest absolute Gasteiger partial charge is 0.255 e. The Morgan fingerprint density at radius 3 is 2.57 bits per heavy atom. The van der Waals surface area contributed by atoms with Gasteiger partial charge in [0.1, 0.15) is 11.5 Å². The van der Waals surface area contributed by atoms with Crippen LogP contribution in [-0.4, -0.2) is 24.7 Å². The molecule has 1 aliphatic rings. The zero-order valence-corrected chi connectivity index (χ0v) is 16.9. The van der Waals surface area contributed by atoms with Gasteiger partial charge >= 0.3 is 0 Å². The second-order valence-corrected chi connectivity index (χ2v) is 6.63. The van der Waals surface area contributed by atoms with Crippen molar-refractivity contribution in [2.75, 3.05) is 19.0 Å².